The molecule has 0 saturated heterocycles. The molecule has 0 aromatic heterocycles. The summed E-state index contributed by atoms with van der Waals surface area (Å²) in [5, 5.41) is 8.67. The molecular formula is C12H18N2. The van der Waals surface area contributed by atoms with Gasteiger partial charge in [-0.3, -0.25) is 0 Å². The van der Waals surface area contributed by atoms with Gasteiger partial charge < -0.3 is 5.73 Å². The van der Waals surface area contributed by atoms with Gasteiger partial charge in [-0.15, -0.1) is 0 Å². The van der Waals surface area contributed by atoms with Crippen LogP contribution in [-0.4, -0.2) is 0 Å². The summed E-state index contributed by atoms with van der Waals surface area (Å²) < 4.78 is 0. The number of hydrogen-bond donors (Lipinski definition) is 1. The van der Waals surface area contributed by atoms with E-state index in [2.05, 4.69) is 19.9 Å². The predicted molar refractivity (Wildman–Crippen MR) is 60.2 cm³/mol. The molecule has 0 aliphatic carbocycles. The second kappa shape index (κ2) is 6.97. The fourth-order valence-corrected chi connectivity index (χ4v) is 1.06. The summed E-state index contributed by atoms with van der Waals surface area (Å²) in [6.45, 7) is 6.12. The van der Waals surface area contributed by atoms with Gasteiger partial charge in [-0.25, -0.2) is 0 Å². The summed E-state index contributed by atoms with van der Waals surface area (Å²) in [4.78, 5) is 0. The Balaban J connectivity index is 4.42. The third-order valence-electron chi connectivity index (χ3n) is 1.78. The van der Waals surface area contributed by atoms with Crippen LogP contribution in [0.15, 0.2) is 35.6 Å². The monoisotopic (exact) mass is 190 g/mol. The molecule has 2 nitrogen and oxygen atoms in total. The van der Waals surface area contributed by atoms with Crippen molar-refractivity contribution in [2.75, 3.05) is 0 Å². The average molecular weight is 190 g/mol. The SMILES string of the molecule is C\C=C(C#N)/C=C\C(=C/N)CC(C)C. The Kier molecular flexibility index (Phi) is 6.22. The van der Waals surface area contributed by atoms with Gasteiger partial charge in [0.25, 0.3) is 0 Å². The number of rotatable bonds is 4. The van der Waals surface area contributed by atoms with Crippen molar-refractivity contribution in [2.45, 2.75) is 27.2 Å². The fraction of sp³-hybridized carbons (Fsp3) is 0.417. The molecule has 0 atom stereocenters. The van der Waals surface area contributed by atoms with Gasteiger partial charge in [-0.05, 0) is 37.1 Å². The Morgan fingerprint density at radius 3 is 2.43 bits per heavy atom. The van der Waals surface area contributed by atoms with Crippen molar-refractivity contribution in [3.05, 3.63) is 35.6 Å². The first-order chi connectivity index (χ1) is 6.63. The highest BCUT2D eigenvalue weighted by atomic mass is 14.5. The molecule has 14 heavy (non-hydrogen) atoms. The molecular weight excluding hydrogens is 172 g/mol. The quantitative estimate of drug-likeness (QED) is 0.547. The van der Waals surface area contributed by atoms with Gasteiger partial charge in [-0.1, -0.05) is 26.0 Å². The van der Waals surface area contributed by atoms with E-state index in [9.17, 15) is 0 Å². The lowest BCUT2D eigenvalue weighted by Crippen LogP contribution is -1.92. The summed E-state index contributed by atoms with van der Waals surface area (Å²) in [5.41, 5.74) is 7.20. The van der Waals surface area contributed by atoms with Crippen LogP contribution in [0.1, 0.15) is 27.2 Å². The lowest BCUT2D eigenvalue weighted by atomic mass is 10.0. The number of hydrogen-bond acceptors (Lipinski definition) is 2. The molecule has 2 N–H and O–H groups in total. The van der Waals surface area contributed by atoms with Crippen molar-refractivity contribution in [1.82, 2.24) is 0 Å². The molecule has 0 amide bonds. The van der Waals surface area contributed by atoms with E-state index in [1.54, 1.807) is 18.4 Å². The van der Waals surface area contributed by atoms with Crippen molar-refractivity contribution < 1.29 is 0 Å². The standard InChI is InChI=1S/C12H18N2/c1-4-11(8-13)5-6-12(9-14)7-10(2)3/h4-6,9-10H,7,14H2,1-3H3/b6-5-,11-4+,12-9+. The van der Waals surface area contributed by atoms with E-state index in [-0.39, 0.29) is 0 Å². The van der Waals surface area contributed by atoms with Crippen LogP contribution in [0.3, 0.4) is 0 Å². The second-order valence-electron chi connectivity index (χ2n) is 3.53. The Labute approximate surface area is 86.4 Å². The van der Waals surface area contributed by atoms with Crippen LogP contribution in [-0.2, 0) is 0 Å². The maximum Gasteiger partial charge on any atom is 0.0988 e. The minimum absolute atomic E-state index is 0.575. The molecule has 0 unspecified atom stereocenters. The second-order valence-corrected chi connectivity index (χ2v) is 3.53. The van der Waals surface area contributed by atoms with Crippen LogP contribution in [0.2, 0.25) is 0 Å². The summed E-state index contributed by atoms with van der Waals surface area (Å²) in [7, 11) is 0. The van der Waals surface area contributed by atoms with E-state index < -0.39 is 0 Å². The lowest BCUT2D eigenvalue weighted by Gasteiger charge is -2.03. The van der Waals surface area contributed by atoms with E-state index in [0.29, 0.717) is 11.5 Å². The largest absolute Gasteiger partial charge is 0.404 e. The summed E-state index contributed by atoms with van der Waals surface area (Å²) in [6, 6.07) is 2.09. The molecule has 0 aromatic carbocycles. The van der Waals surface area contributed by atoms with E-state index >= 15 is 0 Å². The van der Waals surface area contributed by atoms with Crippen LogP contribution >= 0.6 is 0 Å². The Bertz CT molecular complexity index is 288. The molecule has 0 aliphatic heterocycles. The molecule has 0 aromatic rings. The molecule has 0 heterocycles. The smallest absolute Gasteiger partial charge is 0.0988 e. The molecule has 0 saturated carbocycles. The highest BCUT2D eigenvalue weighted by Gasteiger charge is 1.97. The Morgan fingerprint density at radius 1 is 1.43 bits per heavy atom. The third kappa shape index (κ3) is 5.21. The van der Waals surface area contributed by atoms with Crippen LogP contribution in [0, 0.1) is 17.2 Å². The lowest BCUT2D eigenvalue weighted by molar-refractivity contribution is 0.649. The fourth-order valence-electron chi connectivity index (χ4n) is 1.06. The average Bonchev–Trinajstić information content (AvgIpc) is 2.17. The number of nitriles is 1. The molecule has 0 bridgehead atoms. The van der Waals surface area contributed by atoms with E-state index in [4.69, 9.17) is 11.0 Å². The minimum Gasteiger partial charge on any atom is -0.404 e. The number of nitrogens with zero attached hydrogens (tertiary/aromatic N) is 1. The summed E-state index contributed by atoms with van der Waals surface area (Å²) >= 11 is 0. The zero-order chi connectivity index (χ0) is 11.0. The minimum atomic E-state index is 0.575. The zero-order valence-electron chi connectivity index (χ0n) is 9.12. The molecule has 0 rings (SSSR count). The molecule has 2 heteroatoms. The maximum atomic E-state index is 8.67. The zero-order valence-corrected chi connectivity index (χ0v) is 9.12. The van der Waals surface area contributed by atoms with Gasteiger partial charge in [0.05, 0.1) is 6.07 Å². The first-order valence-corrected chi connectivity index (χ1v) is 4.79. The molecule has 0 fully saturated rings. The van der Waals surface area contributed by atoms with Crippen molar-refractivity contribution in [3.8, 4) is 6.07 Å². The van der Waals surface area contributed by atoms with Crippen LogP contribution in [0.25, 0.3) is 0 Å². The highest BCUT2D eigenvalue weighted by Crippen LogP contribution is 2.11. The molecule has 0 radical (unpaired) electrons. The van der Waals surface area contributed by atoms with Gasteiger partial charge in [0.15, 0.2) is 0 Å². The van der Waals surface area contributed by atoms with E-state index in [1.165, 1.54) is 0 Å². The highest BCUT2D eigenvalue weighted by molar-refractivity contribution is 5.36. The number of nitrogens with two attached hydrogens (primary N) is 1. The first-order valence-electron chi connectivity index (χ1n) is 4.79. The van der Waals surface area contributed by atoms with Gasteiger partial charge in [0.2, 0.25) is 0 Å². The van der Waals surface area contributed by atoms with Crippen LogP contribution < -0.4 is 5.73 Å². The van der Waals surface area contributed by atoms with Crippen molar-refractivity contribution in [3.63, 3.8) is 0 Å². The topological polar surface area (TPSA) is 49.8 Å². The molecule has 76 valence electrons. The van der Waals surface area contributed by atoms with Crippen molar-refractivity contribution >= 4 is 0 Å². The normalized spacial score (nSPS) is 13.6. The van der Waals surface area contributed by atoms with Crippen molar-refractivity contribution in [1.29, 1.82) is 5.26 Å². The van der Waals surface area contributed by atoms with Crippen molar-refractivity contribution in [2.24, 2.45) is 11.7 Å². The summed E-state index contributed by atoms with van der Waals surface area (Å²) in [5.74, 6) is 0.575. The Morgan fingerprint density at radius 2 is 2.07 bits per heavy atom. The molecule has 0 spiro atoms. The first kappa shape index (κ1) is 12.5. The van der Waals surface area contributed by atoms with Gasteiger partial charge in [0, 0.05) is 5.57 Å². The third-order valence-corrected chi connectivity index (χ3v) is 1.78. The van der Waals surface area contributed by atoms with Crippen LogP contribution in [0.4, 0.5) is 0 Å². The van der Waals surface area contributed by atoms with Gasteiger partial charge >= 0.3 is 0 Å². The molecule has 0 aliphatic rings. The summed E-state index contributed by atoms with van der Waals surface area (Å²) in [6.07, 6.45) is 8.01. The predicted octanol–water partition coefficient (Wildman–Crippen LogP) is 2.90. The van der Waals surface area contributed by atoms with E-state index in [1.807, 2.05) is 13.0 Å². The Hall–Kier alpha value is -1.49. The van der Waals surface area contributed by atoms with Gasteiger partial charge in [0.1, 0.15) is 0 Å². The van der Waals surface area contributed by atoms with Crippen LogP contribution in [0.5, 0.6) is 0 Å². The van der Waals surface area contributed by atoms with Gasteiger partial charge in [-0.2, -0.15) is 5.26 Å². The maximum absolute atomic E-state index is 8.67. The number of allylic oxidation sites excluding steroid dienone is 5. The van der Waals surface area contributed by atoms with E-state index in [0.717, 1.165) is 12.0 Å².